The summed E-state index contributed by atoms with van der Waals surface area (Å²) in [5, 5.41) is 0. The molecule has 1 heteroatoms. The van der Waals surface area contributed by atoms with E-state index in [4.69, 9.17) is 0 Å². The summed E-state index contributed by atoms with van der Waals surface area (Å²) in [6, 6.07) is 0. The minimum absolute atomic E-state index is 0.213. The fourth-order valence-electron chi connectivity index (χ4n) is 0.692. The molecule has 0 rings (SSSR count). The molecule has 0 N–H and O–H groups in total. The van der Waals surface area contributed by atoms with E-state index in [9.17, 15) is 4.79 Å². The second-order valence-electron chi connectivity index (χ2n) is 2.37. The molecule has 0 saturated carbocycles. The van der Waals surface area contributed by atoms with E-state index in [0.29, 0.717) is 6.42 Å². The maximum absolute atomic E-state index is 10.7. The predicted molar refractivity (Wildman–Crippen MR) is 48.5 cm³/mol. The van der Waals surface area contributed by atoms with Gasteiger partial charge in [0.25, 0.3) is 0 Å². The molecule has 0 spiro atoms. The molecule has 0 radical (unpaired) electrons. The van der Waals surface area contributed by atoms with E-state index in [1.807, 2.05) is 26.0 Å². The third-order valence-corrected chi connectivity index (χ3v) is 1.39. The molecular formula is C10H16O. The lowest BCUT2D eigenvalue weighted by atomic mass is 10.2. The van der Waals surface area contributed by atoms with Gasteiger partial charge in [0.2, 0.25) is 0 Å². The fraction of sp³-hybridized carbons (Fsp3) is 0.500. The number of carbonyl (C=O) groups excluding carboxylic acids is 1. The van der Waals surface area contributed by atoms with Gasteiger partial charge >= 0.3 is 0 Å². The Morgan fingerprint density at radius 1 is 1.27 bits per heavy atom. The van der Waals surface area contributed by atoms with Crippen LogP contribution in [0.3, 0.4) is 0 Å². The van der Waals surface area contributed by atoms with Gasteiger partial charge in [0.15, 0.2) is 5.78 Å². The quantitative estimate of drug-likeness (QED) is 0.336. The van der Waals surface area contributed by atoms with Gasteiger partial charge in [-0.25, -0.2) is 0 Å². The van der Waals surface area contributed by atoms with Crippen molar-refractivity contribution in [3.05, 3.63) is 24.3 Å². The van der Waals surface area contributed by atoms with Gasteiger partial charge in [0, 0.05) is 6.42 Å². The van der Waals surface area contributed by atoms with Crippen molar-refractivity contribution in [2.75, 3.05) is 0 Å². The first-order valence-corrected chi connectivity index (χ1v) is 4.11. The molecule has 0 amide bonds. The highest BCUT2D eigenvalue weighted by Crippen LogP contribution is 1.93. The summed E-state index contributed by atoms with van der Waals surface area (Å²) in [5.41, 5.74) is 0. The monoisotopic (exact) mass is 152 g/mol. The number of ketones is 1. The Balaban J connectivity index is 3.37. The van der Waals surface area contributed by atoms with Crippen LogP contribution in [0.2, 0.25) is 0 Å². The third-order valence-electron chi connectivity index (χ3n) is 1.39. The number of rotatable bonds is 5. The number of hydrogen-bond donors (Lipinski definition) is 0. The Bertz CT molecular complexity index is 154. The zero-order valence-corrected chi connectivity index (χ0v) is 7.34. The van der Waals surface area contributed by atoms with Crippen molar-refractivity contribution in [1.29, 1.82) is 0 Å². The number of unbranched alkanes of at least 4 members (excludes halogenated alkanes) is 1. The van der Waals surface area contributed by atoms with Crippen molar-refractivity contribution in [2.24, 2.45) is 0 Å². The summed E-state index contributed by atoms with van der Waals surface area (Å²) in [6.45, 7) is 3.87. The minimum Gasteiger partial charge on any atom is -0.295 e. The zero-order valence-electron chi connectivity index (χ0n) is 7.34. The first-order valence-electron chi connectivity index (χ1n) is 4.11. The predicted octanol–water partition coefficient (Wildman–Crippen LogP) is 2.88. The molecular weight excluding hydrogens is 136 g/mol. The standard InChI is InChI=1S/C10H16O/c1-3-5-6-7-8-9-10(11)4-2/h3,5,8-9H,4,6-7H2,1-2H3/b5-3+,9-8+. The van der Waals surface area contributed by atoms with Crippen LogP contribution in [0, 0.1) is 0 Å². The molecule has 0 fully saturated rings. The summed E-state index contributed by atoms with van der Waals surface area (Å²) in [5.74, 6) is 0.213. The molecule has 0 aliphatic carbocycles. The Labute approximate surface area is 68.8 Å². The van der Waals surface area contributed by atoms with E-state index in [2.05, 4.69) is 6.08 Å². The summed E-state index contributed by atoms with van der Waals surface area (Å²) in [6.07, 6.45) is 10.3. The SMILES string of the molecule is C/C=C/CC/C=C/C(=O)CC. The molecule has 62 valence electrons. The molecule has 0 aliphatic heterocycles. The number of allylic oxidation sites excluding steroid dienone is 4. The second kappa shape index (κ2) is 7.26. The van der Waals surface area contributed by atoms with Crippen molar-refractivity contribution in [3.63, 3.8) is 0 Å². The molecule has 0 bridgehead atoms. The van der Waals surface area contributed by atoms with Gasteiger partial charge in [-0.1, -0.05) is 25.2 Å². The van der Waals surface area contributed by atoms with Crippen LogP contribution in [-0.4, -0.2) is 5.78 Å². The van der Waals surface area contributed by atoms with E-state index in [-0.39, 0.29) is 5.78 Å². The van der Waals surface area contributed by atoms with Crippen molar-refractivity contribution in [3.8, 4) is 0 Å². The summed E-state index contributed by atoms with van der Waals surface area (Å²) >= 11 is 0. The number of carbonyl (C=O) groups is 1. The molecule has 0 aliphatic rings. The topological polar surface area (TPSA) is 17.1 Å². The third kappa shape index (κ3) is 7.04. The van der Waals surface area contributed by atoms with Gasteiger partial charge in [0.05, 0.1) is 0 Å². The van der Waals surface area contributed by atoms with E-state index >= 15 is 0 Å². The Morgan fingerprint density at radius 2 is 1.91 bits per heavy atom. The lowest BCUT2D eigenvalue weighted by molar-refractivity contribution is -0.114. The van der Waals surface area contributed by atoms with Gasteiger partial charge in [0.1, 0.15) is 0 Å². The van der Waals surface area contributed by atoms with Crippen LogP contribution in [0.25, 0.3) is 0 Å². The molecule has 0 saturated heterocycles. The maximum atomic E-state index is 10.7. The van der Waals surface area contributed by atoms with Crippen molar-refractivity contribution < 1.29 is 4.79 Å². The Morgan fingerprint density at radius 3 is 2.45 bits per heavy atom. The summed E-state index contributed by atoms with van der Waals surface area (Å²) < 4.78 is 0. The van der Waals surface area contributed by atoms with Crippen LogP contribution in [0.4, 0.5) is 0 Å². The van der Waals surface area contributed by atoms with Gasteiger partial charge in [-0.2, -0.15) is 0 Å². The summed E-state index contributed by atoms with van der Waals surface area (Å²) in [7, 11) is 0. The normalized spacial score (nSPS) is 11.5. The van der Waals surface area contributed by atoms with Crippen molar-refractivity contribution in [1.82, 2.24) is 0 Å². The first-order chi connectivity index (χ1) is 5.31. The molecule has 0 unspecified atom stereocenters. The van der Waals surface area contributed by atoms with Gasteiger partial charge in [-0.05, 0) is 25.8 Å². The van der Waals surface area contributed by atoms with Crippen LogP contribution in [-0.2, 0) is 4.79 Å². The lowest BCUT2D eigenvalue weighted by Crippen LogP contribution is -1.86. The molecule has 0 aromatic heterocycles. The average Bonchev–Trinajstić information content (AvgIpc) is 2.04. The van der Waals surface area contributed by atoms with Gasteiger partial charge in [-0.3, -0.25) is 4.79 Å². The Kier molecular flexibility index (Phi) is 6.70. The maximum Gasteiger partial charge on any atom is 0.155 e. The highest BCUT2D eigenvalue weighted by molar-refractivity contribution is 5.89. The van der Waals surface area contributed by atoms with E-state index in [0.717, 1.165) is 12.8 Å². The largest absolute Gasteiger partial charge is 0.295 e. The highest BCUT2D eigenvalue weighted by atomic mass is 16.1. The van der Waals surface area contributed by atoms with Crippen LogP contribution in [0.15, 0.2) is 24.3 Å². The fourth-order valence-corrected chi connectivity index (χ4v) is 0.692. The molecule has 0 aromatic carbocycles. The van der Waals surface area contributed by atoms with Gasteiger partial charge < -0.3 is 0 Å². The molecule has 0 atom stereocenters. The minimum atomic E-state index is 0.213. The summed E-state index contributed by atoms with van der Waals surface area (Å²) in [4.78, 5) is 10.7. The van der Waals surface area contributed by atoms with Crippen molar-refractivity contribution >= 4 is 5.78 Å². The average molecular weight is 152 g/mol. The lowest BCUT2D eigenvalue weighted by Gasteiger charge is -1.85. The van der Waals surface area contributed by atoms with Crippen molar-refractivity contribution in [2.45, 2.75) is 33.1 Å². The molecule has 0 aromatic rings. The van der Waals surface area contributed by atoms with Crippen LogP contribution < -0.4 is 0 Å². The van der Waals surface area contributed by atoms with Crippen LogP contribution in [0.1, 0.15) is 33.1 Å². The van der Waals surface area contributed by atoms with Crippen LogP contribution in [0.5, 0.6) is 0 Å². The highest BCUT2D eigenvalue weighted by Gasteiger charge is 1.86. The van der Waals surface area contributed by atoms with E-state index in [1.165, 1.54) is 0 Å². The Hall–Kier alpha value is -0.850. The molecule has 1 nitrogen and oxygen atoms in total. The van der Waals surface area contributed by atoms with Crippen LogP contribution >= 0.6 is 0 Å². The van der Waals surface area contributed by atoms with E-state index < -0.39 is 0 Å². The number of hydrogen-bond acceptors (Lipinski definition) is 1. The van der Waals surface area contributed by atoms with E-state index in [1.54, 1.807) is 6.08 Å². The first kappa shape index (κ1) is 10.2. The zero-order chi connectivity index (χ0) is 8.53. The molecule has 0 heterocycles. The second-order valence-corrected chi connectivity index (χ2v) is 2.37. The van der Waals surface area contributed by atoms with Gasteiger partial charge in [-0.15, -0.1) is 0 Å². The smallest absolute Gasteiger partial charge is 0.155 e. The molecule has 11 heavy (non-hydrogen) atoms.